The van der Waals surface area contributed by atoms with Crippen molar-refractivity contribution < 1.29 is 22.7 Å². The average Bonchev–Trinajstić information content (AvgIpc) is 2.26. The molecule has 0 radical (unpaired) electrons. The molecule has 1 atom stereocenters. The van der Waals surface area contributed by atoms with Crippen molar-refractivity contribution in [3.05, 3.63) is 24.3 Å². The van der Waals surface area contributed by atoms with E-state index in [1.54, 1.807) is 6.92 Å². The van der Waals surface area contributed by atoms with E-state index in [2.05, 4.69) is 9.71 Å². The van der Waals surface area contributed by atoms with Crippen LogP contribution in [0.4, 0.5) is 4.39 Å². The molecule has 0 aliphatic carbocycles. The molecule has 1 heterocycles. The number of nitrogens with one attached hydrogen (secondary N) is 1. The first-order valence-electron chi connectivity index (χ1n) is 5.13. The van der Waals surface area contributed by atoms with Crippen molar-refractivity contribution in [1.82, 2.24) is 9.71 Å². The van der Waals surface area contributed by atoms with E-state index in [1.165, 1.54) is 0 Å². The van der Waals surface area contributed by atoms with Crippen molar-refractivity contribution in [2.45, 2.75) is 18.2 Å². The molecule has 0 bridgehead atoms. The van der Waals surface area contributed by atoms with Crippen LogP contribution in [-0.4, -0.2) is 31.0 Å². The monoisotopic (exact) mass is 276 g/mol. The largest absolute Gasteiger partial charge is 0.481 e. The van der Waals surface area contributed by atoms with Gasteiger partial charge in [-0.25, -0.2) is 17.5 Å². The lowest BCUT2D eigenvalue weighted by atomic mass is 10.1. The minimum atomic E-state index is -3.86. The van der Waals surface area contributed by atoms with Crippen molar-refractivity contribution in [1.29, 1.82) is 0 Å². The van der Waals surface area contributed by atoms with E-state index in [4.69, 9.17) is 5.11 Å². The summed E-state index contributed by atoms with van der Waals surface area (Å²) in [6.45, 7) is 1.56. The van der Waals surface area contributed by atoms with Gasteiger partial charge in [0, 0.05) is 19.2 Å². The summed E-state index contributed by atoms with van der Waals surface area (Å²) in [5, 5.41) is 8.53. The molecule has 0 saturated carbocycles. The van der Waals surface area contributed by atoms with E-state index < -0.39 is 21.8 Å². The molecular formula is C10H13FN2O4S. The number of carbonyl (C=O) groups is 1. The van der Waals surface area contributed by atoms with Gasteiger partial charge >= 0.3 is 5.97 Å². The van der Waals surface area contributed by atoms with E-state index in [0.29, 0.717) is 0 Å². The highest BCUT2D eigenvalue weighted by atomic mass is 32.2. The smallest absolute Gasteiger partial charge is 0.303 e. The van der Waals surface area contributed by atoms with Crippen molar-refractivity contribution in [2.75, 3.05) is 6.54 Å². The summed E-state index contributed by atoms with van der Waals surface area (Å²) in [7, 11) is -3.86. The van der Waals surface area contributed by atoms with Crippen LogP contribution in [0.1, 0.15) is 13.3 Å². The topological polar surface area (TPSA) is 96.4 Å². The minimum Gasteiger partial charge on any atom is -0.481 e. The van der Waals surface area contributed by atoms with Gasteiger partial charge < -0.3 is 5.11 Å². The number of hydrogen-bond acceptors (Lipinski definition) is 4. The van der Waals surface area contributed by atoms with E-state index in [9.17, 15) is 17.6 Å². The van der Waals surface area contributed by atoms with Crippen LogP contribution in [0.15, 0.2) is 23.4 Å². The van der Waals surface area contributed by atoms with Gasteiger partial charge in [-0.15, -0.1) is 0 Å². The highest BCUT2D eigenvalue weighted by Crippen LogP contribution is 2.09. The quantitative estimate of drug-likeness (QED) is 0.793. The Morgan fingerprint density at radius 2 is 2.22 bits per heavy atom. The number of carboxylic acids is 1. The van der Waals surface area contributed by atoms with Crippen LogP contribution in [0.25, 0.3) is 0 Å². The highest BCUT2D eigenvalue weighted by molar-refractivity contribution is 7.89. The normalized spacial score (nSPS) is 13.2. The predicted octanol–water partition coefficient (Wildman–Crippen LogP) is 0.610. The maximum atomic E-state index is 12.8. The van der Waals surface area contributed by atoms with Crippen LogP contribution in [0.3, 0.4) is 0 Å². The number of halogens is 1. The number of carboxylic acid groups (broad SMARTS) is 1. The molecule has 0 fully saturated rings. The van der Waals surface area contributed by atoms with Crippen molar-refractivity contribution in [3.63, 3.8) is 0 Å². The van der Waals surface area contributed by atoms with Crippen molar-refractivity contribution >= 4 is 16.0 Å². The Labute approximate surface area is 104 Å². The summed E-state index contributed by atoms with van der Waals surface area (Å²) in [5.74, 6) is -2.12. The van der Waals surface area contributed by atoms with Crippen LogP contribution in [-0.2, 0) is 14.8 Å². The Morgan fingerprint density at radius 1 is 1.56 bits per heavy atom. The zero-order chi connectivity index (χ0) is 13.8. The van der Waals surface area contributed by atoms with Crippen LogP contribution in [0.5, 0.6) is 0 Å². The fraction of sp³-hybridized carbons (Fsp3) is 0.400. The number of sulfonamides is 1. The van der Waals surface area contributed by atoms with Gasteiger partial charge in [0.25, 0.3) is 0 Å². The highest BCUT2D eigenvalue weighted by Gasteiger charge is 2.17. The van der Waals surface area contributed by atoms with Crippen LogP contribution in [0, 0.1) is 11.7 Å². The summed E-state index contributed by atoms with van der Waals surface area (Å²) in [6.07, 6.45) is 1.77. The third kappa shape index (κ3) is 4.38. The van der Waals surface area contributed by atoms with Gasteiger partial charge in [-0.3, -0.25) is 9.78 Å². The molecule has 0 aromatic carbocycles. The molecule has 1 unspecified atom stereocenters. The molecule has 8 heteroatoms. The van der Waals surface area contributed by atoms with E-state index in [-0.39, 0.29) is 23.8 Å². The Morgan fingerprint density at radius 3 is 2.78 bits per heavy atom. The van der Waals surface area contributed by atoms with Gasteiger partial charge in [-0.2, -0.15) is 0 Å². The summed E-state index contributed by atoms with van der Waals surface area (Å²) in [5.41, 5.74) is 0. The third-order valence-corrected chi connectivity index (χ3v) is 3.53. The van der Waals surface area contributed by atoms with E-state index in [0.717, 1.165) is 18.5 Å². The molecule has 100 valence electrons. The Balaban J connectivity index is 2.68. The minimum absolute atomic E-state index is 0.0366. The summed E-state index contributed by atoms with van der Waals surface area (Å²) in [6, 6.07) is 0.844. The lowest BCUT2D eigenvalue weighted by Crippen LogP contribution is -2.29. The second-order valence-corrected chi connectivity index (χ2v) is 5.66. The molecule has 6 nitrogen and oxygen atoms in total. The predicted molar refractivity (Wildman–Crippen MR) is 60.8 cm³/mol. The molecule has 1 aromatic rings. The first-order chi connectivity index (χ1) is 8.31. The summed E-state index contributed by atoms with van der Waals surface area (Å²) in [4.78, 5) is 13.6. The van der Waals surface area contributed by atoms with Gasteiger partial charge in [0.1, 0.15) is 10.7 Å². The molecule has 2 N–H and O–H groups in total. The number of rotatable bonds is 6. The fourth-order valence-corrected chi connectivity index (χ4v) is 2.38. The SMILES string of the molecule is CC(CNS(=O)(=O)c1cncc(F)c1)CC(=O)O. The number of aliphatic carboxylic acids is 1. The average molecular weight is 276 g/mol. The Hall–Kier alpha value is -1.54. The number of hydrogen-bond donors (Lipinski definition) is 2. The second-order valence-electron chi connectivity index (χ2n) is 3.89. The van der Waals surface area contributed by atoms with Crippen molar-refractivity contribution in [2.24, 2.45) is 5.92 Å². The summed E-state index contributed by atoms with van der Waals surface area (Å²) >= 11 is 0. The van der Waals surface area contributed by atoms with E-state index >= 15 is 0 Å². The lowest BCUT2D eigenvalue weighted by molar-refractivity contribution is -0.137. The first-order valence-corrected chi connectivity index (χ1v) is 6.61. The second kappa shape index (κ2) is 5.87. The molecule has 0 saturated heterocycles. The molecular weight excluding hydrogens is 263 g/mol. The standard InChI is InChI=1S/C10H13FN2O4S/c1-7(2-10(14)15)4-13-18(16,17)9-3-8(11)5-12-6-9/h3,5-7,13H,2,4H2,1H3,(H,14,15). The molecule has 0 amide bonds. The molecule has 1 rings (SSSR count). The molecule has 0 spiro atoms. The number of aromatic nitrogens is 1. The van der Waals surface area contributed by atoms with Crippen LogP contribution in [0.2, 0.25) is 0 Å². The van der Waals surface area contributed by atoms with Crippen molar-refractivity contribution in [3.8, 4) is 0 Å². The van der Waals surface area contributed by atoms with Gasteiger partial charge in [-0.05, 0) is 12.0 Å². The number of nitrogens with zero attached hydrogens (tertiary/aromatic N) is 1. The molecule has 0 aliphatic rings. The summed E-state index contributed by atoms with van der Waals surface area (Å²) < 4.78 is 38.5. The third-order valence-electron chi connectivity index (χ3n) is 2.13. The Bertz CT molecular complexity index is 532. The molecule has 18 heavy (non-hydrogen) atoms. The number of pyridine rings is 1. The maximum absolute atomic E-state index is 12.8. The zero-order valence-corrected chi connectivity index (χ0v) is 10.4. The van der Waals surface area contributed by atoms with Crippen LogP contribution >= 0.6 is 0 Å². The molecule has 1 aromatic heterocycles. The first kappa shape index (κ1) is 14.5. The van der Waals surface area contributed by atoms with E-state index in [1.807, 2.05) is 0 Å². The van der Waals surface area contributed by atoms with Gasteiger partial charge in [-0.1, -0.05) is 6.92 Å². The van der Waals surface area contributed by atoms with Gasteiger partial charge in [0.15, 0.2) is 0 Å². The lowest BCUT2D eigenvalue weighted by Gasteiger charge is -2.10. The fourth-order valence-electron chi connectivity index (χ4n) is 1.24. The maximum Gasteiger partial charge on any atom is 0.303 e. The van der Waals surface area contributed by atoms with Gasteiger partial charge in [0.2, 0.25) is 10.0 Å². The Kier molecular flexibility index (Phi) is 4.74. The molecule has 0 aliphatic heterocycles. The van der Waals surface area contributed by atoms with Crippen LogP contribution < -0.4 is 4.72 Å². The zero-order valence-electron chi connectivity index (χ0n) is 9.63. The van der Waals surface area contributed by atoms with Gasteiger partial charge in [0.05, 0.1) is 6.20 Å².